The van der Waals surface area contributed by atoms with Crippen molar-refractivity contribution in [2.75, 3.05) is 11.9 Å². The fourth-order valence-electron chi connectivity index (χ4n) is 2.51. The van der Waals surface area contributed by atoms with Crippen molar-refractivity contribution in [2.45, 2.75) is 25.8 Å². The van der Waals surface area contributed by atoms with Gasteiger partial charge in [-0.05, 0) is 42.2 Å². The molecule has 0 saturated carbocycles. The van der Waals surface area contributed by atoms with Crippen LogP contribution in [0.2, 0.25) is 0 Å². The third-order valence-corrected chi connectivity index (χ3v) is 5.01. The van der Waals surface area contributed by atoms with Gasteiger partial charge in [0.25, 0.3) is 0 Å². The quantitative estimate of drug-likeness (QED) is 0.865. The zero-order chi connectivity index (χ0) is 14.8. The van der Waals surface area contributed by atoms with Crippen molar-refractivity contribution in [3.63, 3.8) is 0 Å². The smallest absolute Gasteiger partial charge is 0.315 e. The van der Waals surface area contributed by atoms with Gasteiger partial charge in [0, 0.05) is 17.6 Å². The van der Waals surface area contributed by atoms with Gasteiger partial charge in [-0.15, -0.1) is 11.3 Å². The summed E-state index contributed by atoms with van der Waals surface area (Å²) in [6, 6.07) is 2.04. The van der Waals surface area contributed by atoms with Gasteiger partial charge in [-0.1, -0.05) is 0 Å². The first-order valence-corrected chi connectivity index (χ1v) is 8.47. The first-order valence-electron chi connectivity index (χ1n) is 6.71. The number of carbonyl (C=O) groups excluding carboxylic acids is 2. The van der Waals surface area contributed by atoms with Crippen molar-refractivity contribution in [3.05, 3.63) is 33.5 Å². The van der Waals surface area contributed by atoms with Gasteiger partial charge in [0.1, 0.15) is 0 Å². The molecular weight excluding hydrogens is 306 g/mol. The highest BCUT2D eigenvalue weighted by Crippen LogP contribution is 2.33. The zero-order valence-electron chi connectivity index (χ0n) is 11.5. The highest BCUT2D eigenvalue weighted by Gasteiger charge is 2.33. The summed E-state index contributed by atoms with van der Waals surface area (Å²) in [5.74, 6) is -1.08. The second kappa shape index (κ2) is 5.95. The SMILES string of the molecule is Cc1cnc(NC(=O)C(=O)N2CCC[C@@H]2c2ccsc2)s1. The zero-order valence-corrected chi connectivity index (χ0v) is 13.2. The number of likely N-dealkylation sites (tertiary alicyclic amines) is 1. The standard InChI is InChI=1S/C14H15N3O2S2/c1-9-7-15-14(21-9)16-12(18)13(19)17-5-2-3-11(17)10-4-6-20-8-10/h4,6-8,11H,2-3,5H2,1H3,(H,15,16,18)/t11-/m1/s1. The first kappa shape index (κ1) is 14.2. The maximum absolute atomic E-state index is 12.4. The third kappa shape index (κ3) is 2.98. The molecule has 1 atom stereocenters. The second-order valence-corrected chi connectivity index (χ2v) is 6.96. The molecule has 2 amide bonds. The second-order valence-electron chi connectivity index (χ2n) is 4.94. The van der Waals surface area contributed by atoms with E-state index in [1.54, 1.807) is 22.4 Å². The molecule has 0 aliphatic carbocycles. The summed E-state index contributed by atoms with van der Waals surface area (Å²) in [6.07, 6.45) is 3.51. The summed E-state index contributed by atoms with van der Waals surface area (Å²) in [5.41, 5.74) is 1.11. The molecule has 0 unspecified atom stereocenters. The molecule has 1 fully saturated rings. The molecule has 2 aromatic heterocycles. The summed E-state index contributed by atoms with van der Waals surface area (Å²) >= 11 is 2.97. The topological polar surface area (TPSA) is 62.3 Å². The van der Waals surface area contributed by atoms with E-state index in [-0.39, 0.29) is 6.04 Å². The Hall–Kier alpha value is -1.73. The van der Waals surface area contributed by atoms with Gasteiger partial charge in [-0.2, -0.15) is 11.3 Å². The van der Waals surface area contributed by atoms with E-state index in [1.165, 1.54) is 11.3 Å². The number of hydrogen-bond donors (Lipinski definition) is 1. The molecule has 0 bridgehead atoms. The number of rotatable bonds is 2. The lowest BCUT2D eigenvalue weighted by Crippen LogP contribution is -2.39. The van der Waals surface area contributed by atoms with Crippen LogP contribution in [-0.4, -0.2) is 28.2 Å². The molecule has 110 valence electrons. The molecule has 21 heavy (non-hydrogen) atoms. The Labute approximate surface area is 130 Å². The Bertz CT molecular complexity index is 651. The Kier molecular flexibility index (Phi) is 4.03. The van der Waals surface area contributed by atoms with Crippen LogP contribution in [0.1, 0.15) is 29.3 Å². The molecule has 3 rings (SSSR count). The van der Waals surface area contributed by atoms with Crippen molar-refractivity contribution in [1.82, 2.24) is 9.88 Å². The number of aryl methyl sites for hydroxylation is 1. The van der Waals surface area contributed by atoms with Gasteiger partial charge in [0.2, 0.25) is 0 Å². The van der Waals surface area contributed by atoms with E-state index in [2.05, 4.69) is 10.3 Å². The molecule has 1 aliphatic heterocycles. The van der Waals surface area contributed by atoms with Crippen LogP contribution in [0.25, 0.3) is 0 Å². The van der Waals surface area contributed by atoms with Crippen molar-refractivity contribution in [1.29, 1.82) is 0 Å². The Balaban J connectivity index is 1.70. The van der Waals surface area contributed by atoms with Crippen LogP contribution in [0, 0.1) is 6.92 Å². The normalized spacial score (nSPS) is 18.0. The van der Waals surface area contributed by atoms with Crippen molar-refractivity contribution < 1.29 is 9.59 Å². The van der Waals surface area contributed by atoms with E-state index >= 15 is 0 Å². The number of thiophene rings is 1. The lowest BCUT2D eigenvalue weighted by Gasteiger charge is -2.23. The minimum Gasteiger partial charge on any atom is -0.327 e. The Morgan fingerprint density at radius 2 is 2.33 bits per heavy atom. The summed E-state index contributed by atoms with van der Waals surface area (Å²) in [5, 5.41) is 7.09. The average Bonchev–Trinajstić information content (AvgIpc) is 3.18. The highest BCUT2D eigenvalue weighted by molar-refractivity contribution is 7.15. The van der Waals surface area contributed by atoms with E-state index in [0.29, 0.717) is 11.7 Å². The molecule has 1 aliphatic rings. The number of thiazole rings is 1. The van der Waals surface area contributed by atoms with Crippen molar-refractivity contribution in [3.8, 4) is 0 Å². The predicted octanol–water partition coefficient (Wildman–Crippen LogP) is 2.82. The summed E-state index contributed by atoms with van der Waals surface area (Å²) < 4.78 is 0. The molecule has 2 aromatic rings. The van der Waals surface area contributed by atoms with Crippen LogP contribution in [0.15, 0.2) is 23.0 Å². The number of aromatic nitrogens is 1. The van der Waals surface area contributed by atoms with Gasteiger partial charge >= 0.3 is 11.8 Å². The van der Waals surface area contributed by atoms with Crippen molar-refractivity contribution >= 4 is 39.6 Å². The van der Waals surface area contributed by atoms with Crippen LogP contribution >= 0.6 is 22.7 Å². The van der Waals surface area contributed by atoms with Crippen LogP contribution in [0.4, 0.5) is 5.13 Å². The van der Waals surface area contributed by atoms with Gasteiger partial charge in [-0.3, -0.25) is 14.9 Å². The average molecular weight is 321 g/mol. The highest BCUT2D eigenvalue weighted by atomic mass is 32.1. The van der Waals surface area contributed by atoms with E-state index < -0.39 is 11.8 Å². The number of nitrogens with zero attached hydrogens (tertiary/aromatic N) is 2. The molecule has 5 nitrogen and oxygen atoms in total. The predicted molar refractivity (Wildman–Crippen MR) is 83.5 cm³/mol. The van der Waals surface area contributed by atoms with Crippen LogP contribution in [0.5, 0.6) is 0 Å². The fraction of sp³-hybridized carbons (Fsp3) is 0.357. The number of nitrogens with one attached hydrogen (secondary N) is 1. The molecule has 3 heterocycles. The Morgan fingerprint density at radius 1 is 1.48 bits per heavy atom. The summed E-state index contributed by atoms with van der Waals surface area (Å²) in [4.78, 5) is 31.2. The molecule has 0 spiro atoms. The van der Waals surface area contributed by atoms with Crippen molar-refractivity contribution in [2.24, 2.45) is 0 Å². The van der Waals surface area contributed by atoms with Gasteiger partial charge in [-0.25, -0.2) is 4.98 Å². The molecule has 0 aromatic carbocycles. The number of anilines is 1. The van der Waals surface area contributed by atoms with Gasteiger partial charge in [0.05, 0.1) is 6.04 Å². The minimum atomic E-state index is -0.605. The Morgan fingerprint density at radius 3 is 3.00 bits per heavy atom. The molecular formula is C14H15N3O2S2. The van der Waals surface area contributed by atoms with Crippen LogP contribution in [0.3, 0.4) is 0 Å². The number of carbonyl (C=O) groups is 2. The van der Waals surface area contributed by atoms with Crippen LogP contribution < -0.4 is 5.32 Å². The van der Waals surface area contributed by atoms with E-state index in [9.17, 15) is 9.59 Å². The molecule has 7 heteroatoms. The maximum atomic E-state index is 12.4. The molecule has 1 N–H and O–H groups in total. The van der Waals surface area contributed by atoms with E-state index in [0.717, 1.165) is 23.3 Å². The van der Waals surface area contributed by atoms with Gasteiger partial charge in [0.15, 0.2) is 5.13 Å². The number of hydrogen-bond acceptors (Lipinski definition) is 5. The van der Waals surface area contributed by atoms with E-state index in [4.69, 9.17) is 0 Å². The van der Waals surface area contributed by atoms with Crippen LogP contribution in [-0.2, 0) is 9.59 Å². The largest absolute Gasteiger partial charge is 0.327 e. The lowest BCUT2D eigenvalue weighted by atomic mass is 10.1. The van der Waals surface area contributed by atoms with Gasteiger partial charge < -0.3 is 4.90 Å². The monoisotopic (exact) mass is 321 g/mol. The summed E-state index contributed by atoms with van der Waals surface area (Å²) in [7, 11) is 0. The minimum absolute atomic E-state index is 0.0209. The number of amides is 2. The fourth-order valence-corrected chi connectivity index (χ4v) is 3.88. The molecule has 1 saturated heterocycles. The third-order valence-electron chi connectivity index (χ3n) is 3.48. The van der Waals surface area contributed by atoms with E-state index in [1.807, 2.05) is 23.8 Å². The molecule has 0 radical (unpaired) electrons. The lowest BCUT2D eigenvalue weighted by molar-refractivity contribution is -0.143. The maximum Gasteiger partial charge on any atom is 0.315 e. The summed E-state index contributed by atoms with van der Waals surface area (Å²) in [6.45, 7) is 2.53. The first-order chi connectivity index (χ1) is 10.1.